The van der Waals surface area contributed by atoms with Gasteiger partial charge in [0.25, 0.3) is 0 Å². The maximum atomic E-state index is 9.77. The number of nitrogens with zero attached hydrogens (tertiary/aromatic N) is 5. The molecule has 2 aromatic rings. The van der Waals surface area contributed by atoms with Gasteiger partial charge in [0, 0.05) is 0 Å². The van der Waals surface area contributed by atoms with Crippen molar-refractivity contribution in [3.63, 3.8) is 0 Å². The molecule has 0 fully saturated rings. The maximum absolute atomic E-state index is 9.77. The van der Waals surface area contributed by atoms with Gasteiger partial charge in [-0.3, -0.25) is 0 Å². The number of aromatic nitrogens is 4. The summed E-state index contributed by atoms with van der Waals surface area (Å²) in [5, 5.41) is 9.77. The third-order valence-electron chi connectivity index (χ3n) is 2.23. The smallest absolute Gasteiger partial charge is 0.243 e. The van der Waals surface area contributed by atoms with Crippen LogP contribution in [0.3, 0.4) is 0 Å². The van der Waals surface area contributed by atoms with Crippen LogP contribution >= 0.6 is 0 Å². The first kappa shape index (κ1) is 16.8. The van der Waals surface area contributed by atoms with E-state index in [2.05, 4.69) is 44.7 Å². The Morgan fingerprint density at radius 1 is 1.58 bits per heavy atom. The van der Waals surface area contributed by atoms with Gasteiger partial charge >= 0.3 is 0 Å². The molecule has 0 spiro atoms. The third kappa shape index (κ3) is 6.32. The molecule has 8 nitrogen and oxygen atoms in total. The minimum absolute atomic E-state index is 0. The fourth-order valence-electron chi connectivity index (χ4n) is 1.29. The molecule has 0 aliphatic carbocycles. The van der Waals surface area contributed by atoms with Gasteiger partial charge < -0.3 is 25.6 Å². The van der Waals surface area contributed by atoms with E-state index in [4.69, 9.17) is 0 Å². The zero-order valence-electron chi connectivity index (χ0n) is 11.1. The van der Waals surface area contributed by atoms with Gasteiger partial charge in [-0.2, -0.15) is 0 Å². The molecule has 106 valence electrons. The van der Waals surface area contributed by atoms with Crippen LogP contribution in [0.4, 0.5) is 5.82 Å². The molecule has 2 N–H and O–H groups in total. The summed E-state index contributed by atoms with van der Waals surface area (Å²) in [4.78, 5) is 15.9. The third-order valence-corrected chi connectivity index (χ3v) is 2.23. The molecule has 19 heavy (non-hydrogen) atoms. The van der Waals surface area contributed by atoms with Crippen molar-refractivity contribution >= 4 is 5.82 Å². The molecule has 0 saturated carbocycles. The molecule has 0 aliphatic heterocycles. The topological polar surface area (TPSA) is 110 Å². The second-order valence-electron chi connectivity index (χ2n) is 3.81. The van der Waals surface area contributed by atoms with E-state index in [1.54, 1.807) is 0 Å². The van der Waals surface area contributed by atoms with E-state index >= 15 is 0 Å². The molecule has 0 atom stereocenters. The highest BCUT2D eigenvalue weighted by Crippen LogP contribution is 1.98. The minimum atomic E-state index is -0.590. The molecule has 2 aromatic heterocycles. The average Bonchev–Trinajstić information content (AvgIpc) is 2.98. The largest absolute Gasteiger partial charge is 0.446 e. The van der Waals surface area contributed by atoms with E-state index in [-0.39, 0.29) is 11.3 Å². The average molecular weight is 269 g/mol. The lowest BCUT2D eigenvalue weighted by Crippen LogP contribution is -2.23. The predicted molar refractivity (Wildman–Crippen MR) is 68.3 cm³/mol. The normalized spacial score (nSPS) is 9.16. The highest BCUT2D eigenvalue weighted by molar-refractivity contribution is 5.09. The summed E-state index contributed by atoms with van der Waals surface area (Å²) in [6, 6.07) is 0. The van der Waals surface area contributed by atoms with Crippen molar-refractivity contribution in [1.29, 1.82) is 0 Å². The highest BCUT2D eigenvalue weighted by Gasteiger charge is 1.96. The first-order valence-corrected chi connectivity index (χ1v) is 5.71. The maximum Gasteiger partial charge on any atom is 0.243 e. The summed E-state index contributed by atoms with van der Waals surface area (Å²) >= 11 is 0. The standard InChI is InChI=1S/C8H15N2.C3H2N3O2.H2O/c1-3-4-5-10-7-6-9(2)8-10;7-6(8)3-1-4-2-5-3;/h6-8H,3-5H2,1-2H3;1-2H;1H2/q+1;-1;. The van der Waals surface area contributed by atoms with Gasteiger partial charge in [-0.25, -0.2) is 9.13 Å². The Labute approximate surface area is 111 Å². The van der Waals surface area contributed by atoms with E-state index in [0.717, 1.165) is 19.1 Å². The first-order chi connectivity index (χ1) is 8.63. The molecule has 2 rings (SSSR count). The summed E-state index contributed by atoms with van der Waals surface area (Å²) in [7, 11) is 2.04. The van der Waals surface area contributed by atoms with Gasteiger partial charge in [-0.15, -0.1) is 0 Å². The Hall–Kier alpha value is -2.22. The Bertz CT molecular complexity index is 466. The second-order valence-corrected chi connectivity index (χ2v) is 3.81. The van der Waals surface area contributed by atoms with Crippen LogP contribution in [0.2, 0.25) is 0 Å². The highest BCUT2D eigenvalue weighted by atomic mass is 16.6. The lowest BCUT2D eigenvalue weighted by molar-refractivity contribution is -0.671. The van der Waals surface area contributed by atoms with Gasteiger partial charge in [0.1, 0.15) is 12.4 Å². The Morgan fingerprint density at radius 3 is 2.68 bits per heavy atom. The number of rotatable bonds is 4. The van der Waals surface area contributed by atoms with Crippen LogP contribution < -0.4 is 9.55 Å². The number of aryl methyl sites for hydroxylation is 2. The van der Waals surface area contributed by atoms with Crippen molar-refractivity contribution < 1.29 is 15.0 Å². The van der Waals surface area contributed by atoms with E-state index in [9.17, 15) is 10.1 Å². The molecular formula is C11H19N5O3. The van der Waals surface area contributed by atoms with Crippen LogP contribution in [0.15, 0.2) is 31.2 Å². The van der Waals surface area contributed by atoms with Gasteiger partial charge in [0.2, 0.25) is 6.33 Å². The van der Waals surface area contributed by atoms with E-state index < -0.39 is 4.92 Å². The van der Waals surface area contributed by atoms with E-state index in [0.29, 0.717) is 0 Å². The molecule has 0 aromatic carbocycles. The number of hydrogen-bond acceptors (Lipinski definition) is 3. The van der Waals surface area contributed by atoms with Crippen molar-refractivity contribution in [1.82, 2.24) is 14.5 Å². The lowest BCUT2D eigenvalue weighted by Gasteiger charge is -1.92. The zero-order chi connectivity index (χ0) is 13.4. The fourth-order valence-corrected chi connectivity index (χ4v) is 1.29. The monoisotopic (exact) mass is 269 g/mol. The number of unbranched alkanes of at least 4 members (excludes halogenated alkanes) is 1. The number of nitro groups is 1. The van der Waals surface area contributed by atoms with Crippen LogP contribution in [-0.2, 0) is 13.6 Å². The van der Waals surface area contributed by atoms with Crippen molar-refractivity contribution in [3.05, 3.63) is 41.4 Å². The molecule has 2 heterocycles. The molecule has 8 heteroatoms. The molecule has 0 radical (unpaired) electrons. The summed E-state index contributed by atoms with van der Waals surface area (Å²) in [5.74, 6) is -0.204. The summed E-state index contributed by atoms with van der Waals surface area (Å²) in [6.07, 6.45) is 11.1. The number of imidazole rings is 2. The molecule has 0 amide bonds. The second kappa shape index (κ2) is 8.81. The van der Waals surface area contributed by atoms with Crippen LogP contribution in [0.1, 0.15) is 19.8 Å². The Morgan fingerprint density at radius 2 is 2.32 bits per heavy atom. The SMILES string of the molecule is CCCCn1cc[n+](C)c1.O.O=[N+]([O-])c1c[n-]cn1. The van der Waals surface area contributed by atoms with Gasteiger partial charge in [0.15, 0.2) is 5.82 Å². The van der Waals surface area contributed by atoms with Crippen molar-refractivity contribution in [2.24, 2.45) is 7.05 Å². The summed E-state index contributed by atoms with van der Waals surface area (Å²) in [6.45, 7) is 3.36. The van der Waals surface area contributed by atoms with Crippen LogP contribution in [0, 0.1) is 10.1 Å². The van der Waals surface area contributed by atoms with Crippen LogP contribution in [0.25, 0.3) is 0 Å². The van der Waals surface area contributed by atoms with Crippen LogP contribution in [0.5, 0.6) is 0 Å². The Kier molecular flexibility index (Phi) is 7.78. The fraction of sp³-hybridized carbons (Fsp3) is 0.455. The molecule has 0 unspecified atom stereocenters. The predicted octanol–water partition coefficient (Wildman–Crippen LogP) is 0.235. The van der Waals surface area contributed by atoms with Crippen molar-refractivity contribution in [3.8, 4) is 0 Å². The molecular weight excluding hydrogens is 250 g/mol. The van der Waals surface area contributed by atoms with Crippen molar-refractivity contribution in [2.45, 2.75) is 26.3 Å². The molecule has 0 bridgehead atoms. The minimum Gasteiger partial charge on any atom is -0.446 e. The van der Waals surface area contributed by atoms with Crippen LogP contribution in [-0.4, -0.2) is 20.0 Å². The zero-order valence-corrected chi connectivity index (χ0v) is 11.1. The summed E-state index contributed by atoms with van der Waals surface area (Å²) in [5.41, 5.74) is 0. The summed E-state index contributed by atoms with van der Waals surface area (Å²) < 4.78 is 4.28. The van der Waals surface area contributed by atoms with Gasteiger partial charge in [-0.1, -0.05) is 24.6 Å². The van der Waals surface area contributed by atoms with Crippen molar-refractivity contribution in [2.75, 3.05) is 0 Å². The molecule has 0 aliphatic rings. The number of hydrogen-bond donors (Lipinski definition) is 0. The lowest BCUT2D eigenvalue weighted by atomic mass is 10.3. The van der Waals surface area contributed by atoms with Gasteiger partial charge in [0.05, 0.1) is 13.6 Å². The molecule has 0 saturated heterocycles. The Balaban J connectivity index is 0.000000331. The first-order valence-electron chi connectivity index (χ1n) is 5.71. The van der Waals surface area contributed by atoms with Gasteiger partial charge in [-0.05, 0) is 12.6 Å². The quantitative estimate of drug-likeness (QED) is 0.449. The van der Waals surface area contributed by atoms with E-state index in [1.165, 1.54) is 12.8 Å². The van der Waals surface area contributed by atoms with E-state index in [1.807, 2.05) is 7.05 Å².